The Morgan fingerprint density at radius 3 is 2.53 bits per heavy atom. The first-order chi connectivity index (χ1) is 16.2. The number of nitrogens with one attached hydrogen (secondary N) is 2. The van der Waals surface area contributed by atoms with Gasteiger partial charge in [0.05, 0.1) is 29.3 Å². The summed E-state index contributed by atoms with van der Waals surface area (Å²) in [6.07, 6.45) is 4.82. The van der Waals surface area contributed by atoms with E-state index in [9.17, 15) is 14.0 Å². The number of ether oxygens (including phenoxy) is 1. The number of aromatic amines is 1. The molecule has 4 rings (SSSR count). The minimum Gasteiger partial charge on any atom is -0.495 e. The van der Waals surface area contributed by atoms with Gasteiger partial charge in [0, 0.05) is 13.6 Å². The normalized spacial score (nSPS) is 14.5. The van der Waals surface area contributed by atoms with Gasteiger partial charge in [-0.3, -0.25) is 14.7 Å². The van der Waals surface area contributed by atoms with Crippen LogP contribution in [0.4, 0.5) is 4.39 Å². The van der Waals surface area contributed by atoms with E-state index in [1.54, 1.807) is 42.3 Å². The Hall–Kier alpha value is -3.68. The SMILES string of the molecule is COc1c(C(=O)NC2(C(=O)N(C)CC(C)C)CC2)ccc2[nH]nc(/C=C/c3ccc(F)cc3)c12. The average molecular weight is 465 g/mol. The molecular formula is C26H29FN4O3. The highest BCUT2D eigenvalue weighted by molar-refractivity contribution is 6.07. The lowest BCUT2D eigenvalue weighted by Gasteiger charge is -2.26. The van der Waals surface area contributed by atoms with Crippen LogP contribution in [0.5, 0.6) is 5.75 Å². The maximum atomic E-state index is 13.3. The maximum Gasteiger partial charge on any atom is 0.255 e. The number of amides is 2. The fraction of sp³-hybridized carbons (Fsp3) is 0.346. The van der Waals surface area contributed by atoms with Crippen molar-refractivity contribution in [2.45, 2.75) is 32.2 Å². The molecular weight excluding hydrogens is 435 g/mol. The molecule has 0 saturated heterocycles. The molecule has 1 heterocycles. The quantitative estimate of drug-likeness (QED) is 0.522. The Morgan fingerprint density at radius 2 is 1.91 bits per heavy atom. The lowest BCUT2D eigenvalue weighted by molar-refractivity contribution is -0.133. The van der Waals surface area contributed by atoms with Gasteiger partial charge in [0.25, 0.3) is 5.91 Å². The Morgan fingerprint density at radius 1 is 1.21 bits per heavy atom. The highest BCUT2D eigenvalue weighted by atomic mass is 19.1. The largest absolute Gasteiger partial charge is 0.495 e. The van der Waals surface area contributed by atoms with Crippen molar-refractivity contribution in [3.63, 3.8) is 0 Å². The summed E-state index contributed by atoms with van der Waals surface area (Å²) in [5, 5.41) is 10.9. The van der Waals surface area contributed by atoms with Crippen molar-refractivity contribution in [3.05, 3.63) is 59.0 Å². The van der Waals surface area contributed by atoms with Crippen LogP contribution in [0.3, 0.4) is 0 Å². The number of methoxy groups -OCH3 is 1. The molecule has 7 nitrogen and oxygen atoms in total. The third-order valence-electron chi connectivity index (χ3n) is 5.96. The van der Waals surface area contributed by atoms with E-state index in [0.717, 1.165) is 5.56 Å². The van der Waals surface area contributed by atoms with E-state index < -0.39 is 5.54 Å². The summed E-state index contributed by atoms with van der Waals surface area (Å²) < 4.78 is 18.8. The molecule has 8 heteroatoms. The zero-order valence-corrected chi connectivity index (χ0v) is 19.8. The fourth-order valence-electron chi connectivity index (χ4n) is 4.16. The third kappa shape index (κ3) is 4.66. The summed E-state index contributed by atoms with van der Waals surface area (Å²) in [4.78, 5) is 27.9. The van der Waals surface area contributed by atoms with Gasteiger partial charge in [-0.1, -0.05) is 32.1 Å². The predicted molar refractivity (Wildman–Crippen MR) is 130 cm³/mol. The predicted octanol–water partition coefficient (Wildman–Crippen LogP) is 4.26. The summed E-state index contributed by atoms with van der Waals surface area (Å²) in [7, 11) is 3.27. The van der Waals surface area contributed by atoms with Gasteiger partial charge in [0.15, 0.2) is 0 Å². The van der Waals surface area contributed by atoms with Gasteiger partial charge in [-0.05, 0) is 54.7 Å². The average Bonchev–Trinajstić information content (AvgIpc) is 3.47. The number of rotatable bonds is 8. The Balaban J connectivity index is 1.62. The van der Waals surface area contributed by atoms with Gasteiger partial charge in [-0.2, -0.15) is 5.10 Å². The molecule has 0 aliphatic heterocycles. The second-order valence-electron chi connectivity index (χ2n) is 9.18. The van der Waals surface area contributed by atoms with E-state index in [-0.39, 0.29) is 17.6 Å². The van der Waals surface area contributed by atoms with E-state index in [2.05, 4.69) is 29.4 Å². The lowest BCUT2D eigenvalue weighted by Crippen LogP contribution is -2.50. The van der Waals surface area contributed by atoms with Crippen molar-refractivity contribution in [3.8, 4) is 5.75 Å². The van der Waals surface area contributed by atoms with E-state index >= 15 is 0 Å². The number of carbonyl (C=O) groups excluding carboxylic acids is 2. The first kappa shape index (κ1) is 23.5. The topological polar surface area (TPSA) is 87.3 Å². The number of likely N-dealkylation sites (N-methyl/N-ethyl adjacent to an activating group) is 1. The summed E-state index contributed by atoms with van der Waals surface area (Å²) >= 11 is 0. The summed E-state index contributed by atoms with van der Waals surface area (Å²) in [6.45, 7) is 4.73. The minimum absolute atomic E-state index is 0.0687. The Labute approximate surface area is 198 Å². The van der Waals surface area contributed by atoms with E-state index in [1.165, 1.54) is 19.2 Å². The highest BCUT2D eigenvalue weighted by Gasteiger charge is 2.52. The molecule has 0 radical (unpaired) electrons. The zero-order chi connectivity index (χ0) is 24.5. The van der Waals surface area contributed by atoms with Crippen LogP contribution in [0.15, 0.2) is 36.4 Å². The molecule has 0 atom stereocenters. The maximum absolute atomic E-state index is 13.3. The van der Waals surface area contributed by atoms with Crippen LogP contribution in [0.25, 0.3) is 23.1 Å². The van der Waals surface area contributed by atoms with Crippen LogP contribution in [-0.4, -0.2) is 53.2 Å². The van der Waals surface area contributed by atoms with Gasteiger partial charge >= 0.3 is 0 Å². The van der Waals surface area contributed by atoms with Gasteiger partial charge in [0.1, 0.15) is 17.1 Å². The monoisotopic (exact) mass is 464 g/mol. The van der Waals surface area contributed by atoms with Gasteiger partial charge in [0.2, 0.25) is 5.91 Å². The van der Waals surface area contributed by atoms with Crippen molar-refractivity contribution in [1.29, 1.82) is 0 Å². The van der Waals surface area contributed by atoms with E-state index in [0.29, 0.717) is 53.2 Å². The molecule has 1 fully saturated rings. The number of fused-ring (bicyclic) bond motifs is 1. The first-order valence-corrected chi connectivity index (χ1v) is 11.3. The number of hydrogen-bond acceptors (Lipinski definition) is 4. The number of hydrogen-bond donors (Lipinski definition) is 2. The van der Waals surface area contributed by atoms with Gasteiger partial charge in [-0.15, -0.1) is 0 Å². The fourth-order valence-corrected chi connectivity index (χ4v) is 4.16. The molecule has 178 valence electrons. The number of H-pyrrole nitrogens is 1. The van der Waals surface area contributed by atoms with Crippen molar-refractivity contribution < 1.29 is 18.7 Å². The lowest BCUT2D eigenvalue weighted by atomic mass is 10.1. The second kappa shape index (κ2) is 9.29. The third-order valence-corrected chi connectivity index (χ3v) is 5.96. The molecule has 1 aliphatic carbocycles. The molecule has 1 saturated carbocycles. The van der Waals surface area contributed by atoms with Crippen molar-refractivity contribution in [1.82, 2.24) is 20.4 Å². The molecule has 2 N–H and O–H groups in total. The molecule has 34 heavy (non-hydrogen) atoms. The molecule has 2 amide bonds. The first-order valence-electron chi connectivity index (χ1n) is 11.3. The highest BCUT2D eigenvalue weighted by Crippen LogP contribution is 2.39. The smallest absolute Gasteiger partial charge is 0.255 e. The van der Waals surface area contributed by atoms with Crippen LogP contribution < -0.4 is 10.1 Å². The Bertz CT molecular complexity index is 1240. The number of carbonyl (C=O) groups is 2. The number of aromatic nitrogens is 2. The summed E-state index contributed by atoms with van der Waals surface area (Å²) in [6, 6.07) is 9.54. The van der Waals surface area contributed by atoms with Crippen LogP contribution in [0, 0.1) is 11.7 Å². The molecule has 0 unspecified atom stereocenters. The molecule has 2 aromatic carbocycles. The van der Waals surface area contributed by atoms with Crippen LogP contribution >= 0.6 is 0 Å². The zero-order valence-electron chi connectivity index (χ0n) is 19.8. The summed E-state index contributed by atoms with van der Waals surface area (Å²) in [5.74, 6) is -0.0215. The molecule has 0 spiro atoms. The van der Waals surface area contributed by atoms with Crippen molar-refractivity contribution >= 4 is 34.9 Å². The van der Waals surface area contributed by atoms with Crippen LogP contribution in [0.1, 0.15) is 48.3 Å². The number of benzene rings is 2. The molecule has 1 aliphatic rings. The van der Waals surface area contributed by atoms with Crippen LogP contribution in [0.2, 0.25) is 0 Å². The van der Waals surface area contributed by atoms with Crippen LogP contribution in [-0.2, 0) is 4.79 Å². The summed E-state index contributed by atoms with van der Waals surface area (Å²) in [5.41, 5.74) is 1.58. The van der Waals surface area contributed by atoms with Crippen molar-refractivity contribution in [2.24, 2.45) is 5.92 Å². The van der Waals surface area contributed by atoms with Gasteiger partial charge < -0.3 is 15.0 Å². The number of halogens is 1. The van der Waals surface area contributed by atoms with Gasteiger partial charge in [-0.25, -0.2) is 4.39 Å². The standard InChI is InChI=1S/C26H29FN4O3/c1-16(2)15-31(3)25(33)26(13-14-26)28-24(32)19-10-12-21-22(23(19)34-4)20(29-30-21)11-7-17-5-8-18(27)9-6-17/h5-12,16H,13-15H2,1-4H3,(H,28,32)(H,29,30)/b11-7+. The molecule has 1 aromatic heterocycles. The Kier molecular flexibility index (Phi) is 6.41. The second-order valence-corrected chi connectivity index (χ2v) is 9.18. The molecule has 3 aromatic rings. The molecule has 0 bridgehead atoms. The number of nitrogens with zero attached hydrogens (tertiary/aromatic N) is 2. The van der Waals surface area contributed by atoms with Crippen molar-refractivity contribution in [2.75, 3.05) is 20.7 Å². The van der Waals surface area contributed by atoms with E-state index in [4.69, 9.17) is 4.74 Å². The minimum atomic E-state index is -0.859. The van der Waals surface area contributed by atoms with E-state index in [1.807, 2.05) is 6.08 Å².